The molecule has 9 nitrogen and oxygen atoms in total. The smallest absolute Gasteiger partial charge is 0.220 e. The Bertz CT molecular complexity index is 928. The van der Waals surface area contributed by atoms with Gasteiger partial charge >= 0.3 is 0 Å². The maximum absolute atomic E-state index is 12.5. The highest BCUT2D eigenvalue weighted by atomic mass is 32.2. The van der Waals surface area contributed by atoms with Crippen LogP contribution in [0.5, 0.6) is 0 Å². The monoisotopic (exact) mass is 348 g/mol. The van der Waals surface area contributed by atoms with Gasteiger partial charge in [-0.2, -0.15) is 4.31 Å². The Morgan fingerprint density at radius 2 is 1.83 bits per heavy atom. The highest BCUT2D eigenvalue weighted by molar-refractivity contribution is 7.88. The zero-order valence-corrected chi connectivity index (χ0v) is 13.6. The highest BCUT2D eigenvalue weighted by Crippen LogP contribution is 2.20. The van der Waals surface area contributed by atoms with Crippen LogP contribution in [0, 0.1) is 0 Å². The van der Waals surface area contributed by atoms with Crippen molar-refractivity contribution in [1.29, 1.82) is 0 Å². The number of anilines is 1. The topological polar surface area (TPSA) is 96.8 Å². The quantitative estimate of drug-likeness (QED) is 0.672. The van der Waals surface area contributed by atoms with Gasteiger partial charge in [-0.1, -0.05) is 5.16 Å². The first-order valence-electron chi connectivity index (χ1n) is 7.53. The lowest BCUT2D eigenvalue weighted by Crippen LogP contribution is -2.49. The van der Waals surface area contributed by atoms with E-state index in [1.165, 1.54) is 10.6 Å². The molecule has 4 rings (SSSR count). The van der Waals surface area contributed by atoms with Crippen LogP contribution in [0.25, 0.3) is 5.65 Å². The molecule has 0 aromatic carbocycles. The number of hydrogen-bond donors (Lipinski definition) is 0. The minimum atomic E-state index is -3.40. The summed E-state index contributed by atoms with van der Waals surface area (Å²) in [6.07, 6.45) is 8.51. The largest absolute Gasteiger partial charge is 0.364 e. The van der Waals surface area contributed by atoms with E-state index < -0.39 is 10.0 Å². The molecule has 1 aliphatic heterocycles. The van der Waals surface area contributed by atoms with E-state index >= 15 is 0 Å². The molecule has 126 valence electrons. The molecule has 3 aromatic rings. The molecule has 1 saturated heterocycles. The van der Waals surface area contributed by atoms with Crippen LogP contribution in [-0.4, -0.2) is 58.4 Å². The van der Waals surface area contributed by atoms with Crippen molar-refractivity contribution in [1.82, 2.24) is 23.8 Å². The molecule has 0 spiro atoms. The first kappa shape index (κ1) is 15.1. The van der Waals surface area contributed by atoms with Gasteiger partial charge in [0.1, 0.15) is 12.0 Å². The summed E-state index contributed by atoms with van der Waals surface area (Å²) in [5.41, 5.74) is 1.19. The minimum absolute atomic E-state index is 0.141. The molecular formula is C14H16N6O3S. The number of aromatic nitrogens is 4. The summed E-state index contributed by atoms with van der Waals surface area (Å²) in [5.74, 6) is 0.633. The van der Waals surface area contributed by atoms with E-state index in [0.717, 1.165) is 11.5 Å². The average molecular weight is 348 g/mol. The Morgan fingerprint density at radius 1 is 1.08 bits per heavy atom. The third kappa shape index (κ3) is 2.74. The van der Waals surface area contributed by atoms with Crippen LogP contribution in [0.2, 0.25) is 0 Å². The minimum Gasteiger partial charge on any atom is -0.364 e. The van der Waals surface area contributed by atoms with Crippen LogP contribution in [0.1, 0.15) is 5.69 Å². The Morgan fingerprint density at radius 3 is 2.54 bits per heavy atom. The molecule has 0 radical (unpaired) electrons. The van der Waals surface area contributed by atoms with Gasteiger partial charge in [-0.25, -0.2) is 18.4 Å². The van der Waals surface area contributed by atoms with Crippen LogP contribution < -0.4 is 4.90 Å². The van der Waals surface area contributed by atoms with Crippen molar-refractivity contribution >= 4 is 21.5 Å². The molecule has 0 unspecified atom stereocenters. The lowest BCUT2D eigenvalue weighted by Gasteiger charge is -2.34. The third-order valence-corrected chi connectivity index (χ3v) is 5.86. The van der Waals surface area contributed by atoms with Crippen molar-refractivity contribution in [2.24, 2.45) is 0 Å². The van der Waals surface area contributed by atoms with Crippen molar-refractivity contribution in [3.8, 4) is 0 Å². The number of sulfonamides is 1. The first-order valence-corrected chi connectivity index (χ1v) is 9.14. The van der Waals surface area contributed by atoms with Crippen LogP contribution >= 0.6 is 0 Å². The highest BCUT2D eigenvalue weighted by Gasteiger charge is 2.29. The SMILES string of the molecule is O=S(=O)(Cc1ccon1)N1CCN(c2nccn3ccnc23)CC1. The van der Waals surface area contributed by atoms with E-state index in [2.05, 4.69) is 20.0 Å². The van der Waals surface area contributed by atoms with Crippen molar-refractivity contribution < 1.29 is 12.9 Å². The summed E-state index contributed by atoms with van der Waals surface area (Å²) < 4.78 is 33.0. The van der Waals surface area contributed by atoms with Gasteiger partial charge in [0, 0.05) is 57.0 Å². The Kier molecular flexibility index (Phi) is 3.69. The van der Waals surface area contributed by atoms with E-state index in [1.807, 2.05) is 16.8 Å². The Hall–Kier alpha value is -2.46. The van der Waals surface area contributed by atoms with Gasteiger partial charge in [0.2, 0.25) is 10.0 Å². The molecule has 0 amide bonds. The van der Waals surface area contributed by atoms with E-state index in [0.29, 0.717) is 31.9 Å². The van der Waals surface area contributed by atoms with Gasteiger partial charge in [-0.3, -0.25) is 0 Å². The van der Waals surface area contributed by atoms with Gasteiger partial charge in [-0.05, 0) is 0 Å². The second kappa shape index (κ2) is 5.87. The normalized spacial score (nSPS) is 16.8. The predicted octanol–water partition coefficient (Wildman–Crippen LogP) is 0.369. The number of nitrogens with zero attached hydrogens (tertiary/aromatic N) is 6. The molecule has 24 heavy (non-hydrogen) atoms. The van der Waals surface area contributed by atoms with Crippen molar-refractivity contribution in [3.63, 3.8) is 0 Å². The second-order valence-electron chi connectivity index (χ2n) is 5.54. The second-order valence-corrected chi connectivity index (χ2v) is 7.51. The molecule has 3 aromatic heterocycles. The van der Waals surface area contributed by atoms with Gasteiger partial charge < -0.3 is 13.8 Å². The van der Waals surface area contributed by atoms with Gasteiger partial charge in [0.25, 0.3) is 0 Å². The fraction of sp³-hybridized carbons (Fsp3) is 0.357. The van der Waals surface area contributed by atoms with Crippen LogP contribution in [0.15, 0.2) is 41.6 Å². The molecular weight excluding hydrogens is 332 g/mol. The molecule has 0 saturated carbocycles. The maximum atomic E-state index is 12.5. The van der Waals surface area contributed by atoms with Crippen molar-refractivity contribution in [2.45, 2.75) is 5.75 Å². The molecule has 0 aliphatic carbocycles. The van der Waals surface area contributed by atoms with Crippen LogP contribution in [-0.2, 0) is 15.8 Å². The number of fused-ring (bicyclic) bond motifs is 1. The molecule has 0 N–H and O–H groups in total. The average Bonchev–Trinajstić information content (AvgIpc) is 3.25. The van der Waals surface area contributed by atoms with E-state index in [-0.39, 0.29) is 5.75 Å². The molecule has 0 atom stereocenters. The summed E-state index contributed by atoms with van der Waals surface area (Å²) in [6, 6.07) is 1.57. The zero-order valence-electron chi connectivity index (χ0n) is 12.8. The van der Waals surface area contributed by atoms with Crippen molar-refractivity contribution in [3.05, 3.63) is 42.8 Å². The number of imidazole rings is 1. The first-order chi connectivity index (χ1) is 11.6. The lowest BCUT2D eigenvalue weighted by atomic mass is 10.3. The van der Waals surface area contributed by atoms with E-state index in [1.54, 1.807) is 18.5 Å². The van der Waals surface area contributed by atoms with E-state index in [9.17, 15) is 8.42 Å². The van der Waals surface area contributed by atoms with Gasteiger partial charge in [0.05, 0.1) is 5.69 Å². The number of rotatable bonds is 4. The molecule has 4 heterocycles. The molecule has 1 aliphatic rings. The summed E-state index contributed by atoms with van der Waals surface area (Å²) >= 11 is 0. The zero-order chi connectivity index (χ0) is 16.6. The standard InChI is InChI=1S/C14H16N6O3S/c21-24(22,11-12-1-10-23-17-12)20-8-6-19(7-9-20)14-13-15-2-4-18(13)5-3-16-14/h1-5,10H,6-9,11H2. The lowest BCUT2D eigenvalue weighted by molar-refractivity contribution is 0.381. The number of piperazine rings is 1. The fourth-order valence-corrected chi connectivity index (χ4v) is 4.26. The summed E-state index contributed by atoms with van der Waals surface area (Å²) in [7, 11) is -3.40. The van der Waals surface area contributed by atoms with Crippen LogP contribution in [0.3, 0.4) is 0 Å². The van der Waals surface area contributed by atoms with Gasteiger partial charge in [-0.15, -0.1) is 0 Å². The molecule has 0 bridgehead atoms. The van der Waals surface area contributed by atoms with Crippen LogP contribution in [0.4, 0.5) is 5.82 Å². The number of hydrogen-bond acceptors (Lipinski definition) is 7. The summed E-state index contributed by atoms with van der Waals surface area (Å²) in [4.78, 5) is 10.8. The van der Waals surface area contributed by atoms with E-state index in [4.69, 9.17) is 4.52 Å². The summed E-state index contributed by atoms with van der Waals surface area (Å²) in [5, 5.41) is 3.67. The summed E-state index contributed by atoms with van der Waals surface area (Å²) in [6.45, 7) is 1.95. The Labute approximate surface area is 138 Å². The predicted molar refractivity (Wildman–Crippen MR) is 85.9 cm³/mol. The third-order valence-electron chi connectivity index (χ3n) is 4.05. The Balaban J connectivity index is 1.48. The molecule has 10 heteroatoms. The maximum Gasteiger partial charge on any atom is 0.220 e. The molecule has 1 fully saturated rings. The van der Waals surface area contributed by atoms with Crippen molar-refractivity contribution in [2.75, 3.05) is 31.1 Å². The van der Waals surface area contributed by atoms with Gasteiger partial charge in [0.15, 0.2) is 11.5 Å². The fourth-order valence-electron chi connectivity index (χ4n) is 2.83.